The zero-order chi connectivity index (χ0) is 19.0. The summed E-state index contributed by atoms with van der Waals surface area (Å²) in [6.07, 6.45) is 2.39. The van der Waals surface area contributed by atoms with Crippen LogP contribution in [0.4, 0.5) is 10.2 Å². The van der Waals surface area contributed by atoms with Gasteiger partial charge in [0.05, 0.1) is 12.1 Å². The second-order valence-electron chi connectivity index (χ2n) is 7.72. The van der Waals surface area contributed by atoms with Gasteiger partial charge in [-0.15, -0.1) is 5.10 Å². The fraction of sp³-hybridized carbons (Fsp3) is 0.476. The van der Waals surface area contributed by atoms with Crippen molar-refractivity contribution in [3.63, 3.8) is 0 Å². The van der Waals surface area contributed by atoms with Crippen molar-refractivity contribution in [3.05, 3.63) is 53.0 Å². The molecule has 0 unspecified atom stereocenters. The highest BCUT2D eigenvalue weighted by atomic mass is 19.1. The van der Waals surface area contributed by atoms with Crippen LogP contribution in [0.25, 0.3) is 0 Å². The van der Waals surface area contributed by atoms with Crippen LogP contribution in [0.5, 0.6) is 0 Å². The Bertz CT molecular complexity index is 835. The van der Waals surface area contributed by atoms with Gasteiger partial charge in [-0.2, -0.15) is 5.10 Å². The molecule has 1 aliphatic heterocycles. The first kappa shape index (κ1) is 17.9. The molecule has 5 nitrogen and oxygen atoms in total. The molecule has 1 aromatic heterocycles. The van der Waals surface area contributed by atoms with E-state index in [-0.39, 0.29) is 24.2 Å². The summed E-state index contributed by atoms with van der Waals surface area (Å²) in [6.45, 7) is 6.00. The maximum atomic E-state index is 14.2. The minimum atomic E-state index is -0.168. The van der Waals surface area contributed by atoms with Crippen LogP contribution in [-0.4, -0.2) is 46.7 Å². The summed E-state index contributed by atoms with van der Waals surface area (Å²) in [6, 6.07) is 9.37. The number of aryl methyl sites for hydroxylation is 1. The van der Waals surface area contributed by atoms with Crippen LogP contribution in [0.15, 0.2) is 30.3 Å². The van der Waals surface area contributed by atoms with Crippen LogP contribution in [0.1, 0.15) is 42.5 Å². The molecule has 0 spiro atoms. The van der Waals surface area contributed by atoms with Gasteiger partial charge in [-0.05, 0) is 61.9 Å². The predicted octanol–water partition coefficient (Wildman–Crippen LogP) is 3.08. The van der Waals surface area contributed by atoms with E-state index in [1.807, 2.05) is 36.1 Å². The van der Waals surface area contributed by atoms with Crippen molar-refractivity contribution in [2.24, 2.45) is 0 Å². The van der Waals surface area contributed by atoms with Crippen LogP contribution in [0.2, 0.25) is 0 Å². The Kier molecular flexibility index (Phi) is 4.81. The lowest BCUT2D eigenvalue weighted by Gasteiger charge is -2.40. The summed E-state index contributed by atoms with van der Waals surface area (Å²) in [5, 5.41) is 8.38. The summed E-state index contributed by atoms with van der Waals surface area (Å²) in [4.78, 5) is 16.8. The molecule has 1 atom stereocenters. The summed E-state index contributed by atoms with van der Waals surface area (Å²) in [5.74, 6) is 1.11. The maximum Gasteiger partial charge on any atom is 0.227 e. The van der Waals surface area contributed by atoms with Gasteiger partial charge in [-0.25, -0.2) is 4.39 Å². The number of carbonyl (C=O) groups excluding carboxylic acids is 1. The predicted molar refractivity (Wildman–Crippen MR) is 102 cm³/mol. The van der Waals surface area contributed by atoms with E-state index >= 15 is 0 Å². The average Bonchev–Trinajstić information content (AvgIpc) is 3.47. The summed E-state index contributed by atoms with van der Waals surface area (Å²) >= 11 is 0. The lowest BCUT2D eigenvalue weighted by Crippen LogP contribution is -2.54. The number of amides is 1. The van der Waals surface area contributed by atoms with Gasteiger partial charge in [0.25, 0.3) is 0 Å². The van der Waals surface area contributed by atoms with E-state index in [2.05, 4.69) is 22.0 Å². The number of nitrogens with zero attached hydrogens (tertiary/aromatic N) is 4. The van der Waals surface area contributed by atoms with Crippen LogP contribution in [-0.2, 0) is 11.2 Å². The van der Waals surface area contributed by atoms with Crippen molar-refractivity contribution in [1.29, 1.82) is 0 Å². The van der Waals surface area contributed by atoms with Gasteiger partial charge >= 0.3 is 0 Å². The molecule has 1 amide bonds. The highest BCUT2D eigenvalue weighted by Gasteiger charge is 2.29. The normalized spacial score (nSPS) is 20.0. The Hall–Kier alpha value is -2.50. The van der Waals surface area contributed by atoms with Gasteiger partial charge in [-0.3, -0.25) is 4.79 Å². The van der Waals surface area contributed by atoms with E-state index < -0.39 is 0 Å². The zero-order valence-electron chi connectivity index (χ0n) is 15.9. The lowest BCUT2D eigenvalue weighted by molar-refractivity contribution is -0.131. The van der Waals surface area contributed by atoms with Gasteiger partial charge in [0.2, 0.25) is 5.91 Å². The highest BCUT2D eigenvalue weighted by molar-refractivity contribution is 5.79. The van der Waals surface area contributed by atoms with Crippen LogP contribution >= 0.6 is 0 Å². The molecule has 2 fully saturated rings. The molecule has 4 rings (SSSR count). The summed E-state index contributed by atoms with van der Waals surface area (Å²) in [7, 11) is 0. The van der Waals surface area contributed by atoms with E-state index in [4.69, 9.17) is 0 Å². The van der Waals surface area contributed by atoms with Crippen molar-refractivity contribution < 1.29 is 9.18 Å². The molecular formula is C21H25FN4O. The van der Waals surface area contributed by atoms with Gasteiger partial charge in [-0.1, -0.05) is 12.1 Å². The molecular weight excluding hydrogens is 343 g/mol. The van der Waals surface area contributed by atoms with Crippen molar-refractivity contribution in [1.82, 2.24) is 15.1 Å². The molecule has 0 N–H and O–H groups in total. The molecule has 0 bridgehead atoms. The molecule has 0 radical (unpaired) electrons. The Morgan fingerprint density at radius 1 is 1.19 bits per heavy atom. The lowest BCUT2D eigenvalue weighted by atomic mass is 10.0. The largest absolute Gasteiger partial charge is 0.349 e. The molecule has 1 saturated carbocycles. The second-order valence-corrected chi connectivity index (χ2v) is 7.72. The minimum Gasteiger partial charge on any atom is -0.349 e. The molecule has 6 heteroatoms. The molecule has 2 aliphatic rings. The van der Waals surface area contributed by atoms with Crippen molar-refractivity contribution in [2.75, 3.05) is 24.5 Å². The number of aromatic nitrogens is 2. The van der Waals surface area contributed by atoms with E-state index in [9.17, 15) is 9.18 Å². The Morgan fingerprint density at radius 2 is 2.00 bits per heavy atom. The fourth-order valence-electron chi connectivity index (χ4n) is 3.76. The zero-order valence-corrected chi connectivity index (χ0v) is 15.9. The standard InChI is InChI=1S/C21H25FN4O/c1-14-3-8-20(24-23-14)26-10-9-25(13-15(26)2)21(27)12-16-4-7-18(17-5-6-17)19(22)11-16/h3-4,7-8,11,15,17H,5-6,9-10,12-13H2,1-2H3/t15-/m1/s1. The molecule has 1 aromatic carbocycles. The summed E-state index contributed by atoms with van der Waals surface area (Å²) < 4.78 is 14.2. The monoisotopic (exact) mass is 368 g/mol. The highest BCUT2D eigenvalue weighted by Crippen LogP contribution is 2.41. The quantitative estimate of drug-likeness (QED) is 0.832. The number of carbonyl (C=O) groups is 1. The number of piperazine rings is 1. The first-order valence-electron chi connectivity index (χ1n) is 9.64. The molecule has 2 aromatic rings. The molecule has 2 heterocycles. The van der Waals surface area contributed by atoms with E-state index in [1.165, 1.54) is 6.07 Å². The molecule has 27 heavy (non-hydrogen) atoms. The van der Waals surface area contributed by atoms with E-state index in [0.717, 1.165) is 42.0 Å². The topological polar surface area (TPSA) is 49.3 Å². The minimum absolute atomic E-state index is 0.0510. The number of anilines is 1. The fourth-order valence-corrected chi connectivity index (χ4v) is 3.76. The van der Waals surface area contributed by atoms with Crippen LogP contribution in [0, 0.1) is 12.7 Å². The summed E-state index contributed by atoms with van der Waals surface area (Å²) in [5.41, 5.74) is 2.44. The average molecular weight is 368 g/mol. The first-order chi connectivity index (χ1) is 13.0. The third-order valence-electron chi connectivity index (χ3n) is 5.50. The van der Waals surface area contributed by atoms with Crippen molar-refractivity contribution in [2.45, 2.75) is 45.1 Å². The van der Waals surface area contributed by atoms with Crippen LogP contribution in [0.3, 0.4) is 0 Å². The smallest absolute Gasteiger partial charge is 0.227 e. The Labute approximate surface area is 159 Å². The van der Waals surface area contributed by atoms with Gasteiger partial charge in [0.1, 0.15) is 5.82 Å². The molecule has 142 valence electrons. The van der Waals surface area contributed by atoms with Gasteiger partial charge in [0.15, 0.2) is 5.82 Å². The number of halogens is 1. The van der Waals surface area contributed by atoms with E-state index in [1.54, 1.807) is 0 Å². The van der Waals surface area contributed by atoms with Crippen LogP contribution < -0.4 is 4.90 Å². The van der Waals surface area contributed by atoms with E-state index in [0.29, 0.717) is 19.0 Å². The Morgan fingerprint density at radius 3 is 2.63 bits per heavy atom. The number of rotatable bonds is 4. The first-order valence-corrected chi connectivity index (χ1v) is 9.64. The van der Waals surface area contributed by atoms with Crippen molar-refractivity contribution >= 4 is 11.7 Å². The number of hydrogen-bond donors (Lipinski definition) is 0. The van der Waals surface area contributed by atoms with Gasteiger partial charge < -0.3 is 9.80 Å². The molecule has 1 aliphatic carbocycles. The number of benzene rings is 1. The third kappa shape index (κ3) is 3.94. The number of hydrogen-bond acceptors (Lipinski definition) is 4. The maximum absolute atomic E-state index is 14.2. The third-order valence-corrected chi connectivity index (χ3v) is 5.50. The Balaban J connectivity index is 1.37. The molecule has 1 saturated heterocycles. The van der Waals surface area contributed by atoms with Crippen molar-refractivity contribution in [3.8, 4) is 0 Å². The van der Waals surface area contributed by atoms with Gasteiger partial charge in [0, 0.05) is 25.7 Å². The SMILES string of the molecule is Cc1ccc(N2CCN(C(=O)Cc3ccc(C4CC4)c(F)c3)C[C@H]2C)nn1. The second kappa shape index (κ2) is 7.25.